The molecule has 0 unspecified atom stereocenters. The van der Waals surface area contributed by atoms with Crippen LogP contribution in [0.2, 0.25) is 0 Å². The van der Waals surface area contributed by atoms with E-state index in [1.54, 1.807) is 7.11 Å². The third-order valence-electron chi connectivity index (χ3n) is 2.51. The number of methoxy groups -OCH3 is 1. The summed E-state index contributed by atoms with van der Waals surface area (Å²) in [4.78, 5) is 4.61. The van der Waals surface area contributed by atoms with E-state index in [1.165, 1.54) is 5.56 Å². The smallest absolute Gasteiger partial charge is 0.133 e. The zero-order valence-corrected chi connectivity index (χ0v) is 11.5. The second-order valence-electron chi connectivity index (χ2n) is 3.97. The van der Waals surface area contributed by atoms with Crippen LogP contribution in [0.3, 0.4) is 0 Å². The summed E-state index contributed by atoms with van der Waals surface area (Å²) in [6.45, 7) is 4.82. The summed E-state index contributed by atoms with van der Waals surface area (Å²) in [6.07, 6.45) is 0.772. The number of halogens is 1. The first kappa shape index (κ1) is 13.5. The molecule has 0 aliphatic rings. The summed E-state index contributed by atoms with van der Waals surface area (Å²) < 4.78 is 6.32. The van der Waals surface area contributed by atoms with Crippen molar-refractivity contribution in [3.63, 3.8) is 0 Å². The van der Waals surface area contributed by atoms with Crippen LogP contribution in [0.4, 0.5) is 0 Å². The third kappa shape index (κ3) is 3.20. The van der Waals surface area contributed by atoms with Gasteiger partial charge in [-0.3, -0.25) is 0 Å². The molecule has 0 aliphatic carbocycles. The topological polar surface area (TPSA) is 44.5 Å². The molecule has 0 bridgehead atoms. The molecule has 1 aromatic rings. The van der Waals surface area contributed by atoms with Gasteiger partial charge in [0, 0.05) is 0 Å². The monoisotopic (exact) mass is 287 g/mol. The Morgan fingerprint density at radius 3 is 2.56 bits per heavy atom. The minimum atomic E-state index is 0.472. The van der Waals surface area contributed by atoms with E-state index in [2.05, 4.69) is 46.7 Å². The van der Waals surface area contributed by atoms with Gasteiger partial charge in [-0.2, -0.15) is 0 Å². The summed E-state index contributed by atoms with van der Waals surface area (Å²) in [5.74, 6) is 6.38. The van der Waals surface area contributed by atoms with Crippen LogP contribution in [-0.4, -0.2) is 13.7 Å². The van der Waals surface area contributed by atoms with Crippen molar-refractivity contribution in [3.05, 3.63) is 27.7 Å². The molecule has 0 atom stereocenters. The fraction of sp³-hybridized carbons (Fsp3) is 0.500. The summed E-state index contributed by atoms with van der Waals surface area (Å²) in [7, 11) is 1.67. The molecule has 3 nitrogen and oxygen atoms in total. The molecule has 0 saturated heterocycles. The van der Waals surface area contributed by atoms with Crippen LogP contribution < -0.4 is 10.6 Å². The Balaban J connectivity index is 3.08. The average molecular weight is 288 g/mol. The number of ether oxygens (including phenoxy) is 1. The van der Waals surface area contributed by atoms with E-state index in [9.17, 15) is 0 Å². The Labute approximate surface area is 105 Å². The average Bonchev–Trinajstić information content (AvgIpc) is 2.27. The normalized spacial score (nSPS) is 10.9. The van der Waals surface area contributed by atoms with Crippen LogP contribution in [-0.2, 0) is 11.3 Å². The van der Waals surface area contributed by atoms with Crippen LogP contribution in [0.15, 0.2) is 16.6 Å². The largest absolute Gasteiger partial charge is 0.496 e. The van der Waals surface area contributed by atoms with Crippen molar-refractivity contribution >= 4 is 15.9 Å². The highest BCUT2D eigenvalue weighted by atomic mass is 79.9. The molecule has 0 radical (unpaired) electrons. The van der Waals surface area contributed by atoms with Crippen LogP contribution in [0, 0.1) is 0 Å². The van der Waals surface area contributed by atoms with E-state index in [0.29, 0.717) is 12.5 Å². The molecule has 16 heavy (non-hydrogen) atoms. The first-order valence-corrected chi connectivity index (χ1v) is 6.07. The van der Waals surface area contributed by atoms with Crippen molar-refractivity contribution in [1.29, 1.82) is 0 Å². The highest BCUT2D eigenvalue weighted by Gasteiger charge is 2.11. The highest BCUT2D eigenvalue weighted by molar-refractivity contribution is 9.10. The van der Waals surface area contributed by atoms with Crippen LogP contribution in [0.5, 0.6) is 5.75 Å². The van der Waals surface area contributed by atoms with E-state index in [1.807, 2.05) is 0 Å². The van der Waals surface area contributed by atoms with Gasteiger partial charge in [0.25, 0.3) is 0 Å². The fourth-order valence-electron chi connectivity index (χ4n) is 1.51. The molecule has 0 fully saturated rings. The van der Waals surface area contributed by atoms with Crippen molar-refractivity contribution in [2.75, 3.05) is 13.7 Å². The second kappa shape index (κ2) is 6.23. The zero-order valence-electron chi connectivity index (χ0n) is 9.92. The lowest BCUT2D eigenvalue weighted by molar-refractivity contribution is 0.141. The highest BCUT2D eigenvalue weighted by Crippen LogP contribution is 2.33. The molecular weight excluding hydrogens is 270 g/mol. The number of nitrogens with two attached hydrogens (primary N) is 1. The minimum Gasteiger partial charge on any atom is -0.496 e. The molecule has 0 saturated carbocycles. The second-order valence-corrected chi connectivity index (χ2v) is 4.76. The van der Waals surface area contributed by atoms with Crippen molar-refractivity contribution in [3.8, 4) is 5.75 Å². The predicted molar refractivity (Wildman–Crippen MR) is 68.6 cm³/mol. The molecular formula is C12H18BrNO2. The molecule has 2 N–H and O–H groups in total. The van der Waals surface area contributed by atoms with Crippen molar-refractivity contribution < 1.29 is 9.57 Å². The standard InChI is InChI=1S/C12H18BrNO2/c1-8(2)10-6-9(4-5-16-14)12(13)11(7-10)15-3/h6-8H,4-5,14H2,1-3H3. The first-order valence-electron chi connectivity index (χ1n) is 5.28. The van der Waals surface area contributed by atoms with Crippen molar-refractivity contribution in [2.45, 2.75) is 26.2 Å². The van der Waals surface area contributed by atoms with Crippen molar-refractivity contribution in [1.82, 2.24) is 0 Å². The lowest BCUT2D eigenvalue weighted by Crippen LogP contribution is -2.05. The summed E-state index contributed by atoms with van der Waals surface area (Å²) in [5, 5.41) is 0. The maximum absolute atomic E-state index is 5.34. The van der Waals surface area contributed by atoms with Crippen LogP contribution in [0.25, 0.3) is 0 Å². The van der Waals surface area contributed by atoms with Gasteiger partial charge in [0.15, 0.2) is 0 Å². The van der Waals surface area contributed by atoms with Gasteiger partial charge in [0.2, 0.25) is 0 Å². The zero-order chi connectivity index (χ0) is 12.1. The van der Waals surface area contributed by atoms with Crippen molar-refractivity contribution in [2.24, 2.45) is 5.90 Å². The molecule has 4 heteroatoms. The lowest BCUT2D eigenvalue weighted by Gasteiger charge is -2.14. The van der Waals surface area contributed by atoms with E-state index < -0.39 is 0 Å². The Bertz CT molecular complexity index is 353. The number of benzene rings is 1. The Morgan fingerprint density at radius 2 is 2.06 bits per heavy atom. The van der Waals surface area contributed by atoms with Crippen LogP contribution in [0.1, 0.15) is 30.9 Å². The molecule has 1 rings (SSSR count). The summed E-state index contributed by atoms with van der Waals surface area (Å²) >= 11 is 3.53. The SMILES string of the molecule is COc1cc(C(C)C)cc(CCON)c1Br. The Kier molecular flexibility index (Phi) is 5.25. The summed E-state index contributed by atoms with van der Waals surface area (Å²) in [6, 6.07) is 4.22. The van der Waals surface area contributed by atoms with Gasteiger partial charge in [0.05, 0.1) is 18.2 Å². The molecule has 0 aliphatic heterocycles. The van der Waals surface area contributed by atoms with Gasteiger partial charge in [-0.05, 0) is 45.5 Å². The molecule has 0 amide bonds. The maximum atomic E-state index is 5.34. The Morgan fingerprint density at radius 1 is 1.38 bits per heavy atom. The molecule has 1 aromatic carbocycles. The number of hydrogen-bond acceptors (Lipinski definition) is 3. The van der Waals surface area contributed by atoms with E-state index >= 15 is 0 Å². The fourth-order valence-corrected chi connectivity index (χ4v) is 2.10. The number of hydrogen-bond donors (Lipinski definition) is 1. The minimum absolute atomic E-state index is 0.472. The van der Waals surface area contributed by atoms with Gasteiger partial charge >= 0.3 is 0 Å². The van der Waals surface area contributed by atoms with Gasteiger partial charge in [-0.15, -0.1) is 0 Å². The number of rotatable bonds is 5. The molecule has 0 heterocycles. The first-order chi connectivity index (χ1) is 7.60. The lowest BCUT2D eigenvalue weighted by atomic mass is 9.99. The molecule has 0 aromatic heterocycles. The van der Waals surface area contributed by atoms with E-state index in [-0.39, 0.29) is 0 Å². The molecule has 0 spiro atoms. The van der Waals surface area contributed by atoms with Crippen LogP contribution >= 0.6 is 15.9 Å². The Hall–Kier alpha value is -0.580. The summed E-state index contributed by atoms with van der Waals surface area (Å²) in [5.41, 5.74) is 2.42. The van der Waals surface area contributed by atoms with Gasteiger partial charge in [-0.25, -0.2) is 5.90 Å². The third-order valence-corrected chi connectivity index (χ3v) is 3.41. The predicted octanol–water partition coefficient (Wildman–Crippen LogP) is 3.01. The van der Waals surface area contributed by atoms with E-state index in [0.717, 1.165) is 22.2 Å². The quantitative estimate of drug-likeness (QED) is 0.847. The molecule has 90 valence electrons. The van der Waals surface area contributed by atoms with Gasteiger partial charge in [-0.1, -0.05) is 19.9 Å². The van der Waals surface area contributed by atoms with E-state index in [4.69, 9.17) is 10.6 Å². The van der Waals surface area contributed by atoms with Gasteiger partial charge in [0.1, 0.15) is 5.75 Å². The van der Waals surface area contributed by atoms with Gasteiger partial charge < -0.3 is 9.57 Å². The maximum Gasteiger partial charge on any atom is 0.133 e.